The largest absolute Gasteiger partial charge is 0.494 e. The first kappa shape index (κ1) is 16.2. The van der Waals surface area contributed by atoms with Gasteiger partial charge in [0.15, 0.2) is 11.6 Å². The van der Waals surface area contributed by atoms with Crippen LogP contribution in [0.5, 0.6) is 5.75 Å². The molecule has 1 aromatic carbocycles. The molecule has 2 unspecified atom stereocenters. The fourth-order valence-corrected chi connectivity index (χ4v) is 2.80. The Morgan fingerprint density at radius 2 is 2.24 bits per heavy atom. The monoisotopic (exact) mass is 332 g/mol. The van der Waals surface area contributed by atoms with Gasteiger partial charge < -0.3 is 9.30 Å². The Morgan fingerprint density at radius 1 is 1.52 bits per heavy atom. The molecule has 0 fully saturated rings. The summed E-state index contributed by atoms with van der Waals surface area (Å²) in [6, 6.07) is 2.98. The molecule has 2 atom stereocenters. The maximum Gasteiger partial charge on any atom is 0.167 e. The first-order chi connectivity index (χ1) is 9.97. The van der Waals surface area contributed by atoms with Crippen molar-refractivity contribution in [3.05, 3.63) is 23.8 Å². The van der Waals surface area contributed by atoms with E-state index in [-0.39, 0.29) is 16.9 Å². The third-order valence-electron chi connectivity index (χ3n) is 3.55. The number of nitrogens with zero attached hydrogens (tertiary/aromatic N) is 2. The number of hydrogen-bond acceptors (Lipinski definition) is 3. The van der Waals surface area contributed by atoms with E-state index in [0.717, 1.165) is 11.9 Å². The third-order valence-corrected chi connectivity index (χ3v) is 5.15. The molecule has 0 aliphatic carbocycles. The van der Waals surface area contributed by atoms with Crippen LogP contribution in [0.25, 0.3) is 11.0 Å². The smallest absolute Gasteiger partial charge is 0.167 e. The molecule has 0 bridgehead atoms. The first-order valence-corrected chi connectivity index (χ1v) is 8.74. The summed E-state index contributed by atoms with van der Waals surface area (Å²) in [5.41, 5.74) is 1.33. The highest BCUT2D eigenvalue weighted by molar-refractivity contribution is 7.84. The molecule has 2 aromatic rings. The van der Waals surface area contributed by atoms with E-state index in [0.29, 0.717) is 17.9 Å². The zero-order valence-corrected chi connectivity index (χ0v) is 13.8. The summed E-state index contributed by atoms with van der Waals surface area (Å²) in [5, 5.41) is 0.0768. The van der Waals surface area contributed by atoms with E-state index in [1.807, 2.05) is 11.5 Å². The fraction of sp³-hybridized carbons (Fsp3) is 0.500. The minimum atomic E-state index is -0.875. The molecule has 0 N–H and O–H groups in total. The van der Waals surface area contributed by atoms with E-state index >= 15 is 0 Å². The van der Waals surface area contributed by atoms with E-state index in [2.05, 4.69) is 4.98 Å². The van der Waals surface area contributed by atoms with Gasteiger partial charge >= 0.3 is 0 Å². The van der Waals surface area contributed by atoms with Gasteiger partial charge in [0.1, 0.15) is 5.82 Å². The molecule has 0 amide bonds. The van der Waals surface area contributed by atoms with Crippen LogP contribution in [0.15, 0.2) is 12.1 Å². The van der Waals surface area contributed by atoms with Gasteiger partial charge in [0, 0.05) is 41.0 Å². The van der Waals surface area contributed by atoms with Crippen molar-refractivity contribution in [2.45, 2.75) is 31.0 Å². The topological polar surface area (TPSA) is 44.1 Å². The summed E-state index contributed by atoms with van der Waals surface area (Å²) in [4.78, 5) is 4.35. The van der Waals surface area contributed by atoms with Crippen LogP contribution in [0.1, 0.15) is 19.2 Å². The number of hydrogen-bond donors (Lipinski definition) is 0. The van der Waals surface area contributed by atoms with Crippen molar-refractivity contribution < 1.29 is 13.3 Å². The van der Waals surface area contributed by atoms with E-state index in [1.54, 1.807) is 12.3 Å². The third kappa shape index (κ3) is 3.37. The van der Waals surface area contributed by atoms with Crippen LogP contribution in [-0.4, -0.2) is 32.4 Å². The van der Waals surface area contributed by atoms with Gasteiger partial charge in [-0.3, -0.25) is 4.21 Å². The highest BCUT2D eigenvalue weighted by atomic mass is 35.5. The normalized spacial score (nSPS) is 14.3. The molecule has 0 saturated carbocycles. The standard InChI is InChI=1S/C14H18ClFN2O2S/c1-9(21(3)19)4-5-18-12-7-13(20-2)10(16)6-11(12)17-14(18)8-15/h6-7,9H,4-5,8H2,1-3H3. The lowest BCUT2D eigenvalue weighted by Gasteiger charge is -2.12. The Labute approximate surface area is 130 Å². The highest BCUT2D eigenvalue weighted by Crippen LogP contribution is 2.26. The summed E-state index contributed by atoms with van der Waals surface area (Å²) >= 11 is 5.93. The fourth-order valence-electron chi connectivity index (χ4n) is 2.16. The van der Waals surface area contributed by atoms with E-state index < -0.39 is 16.6 Å². The number of fused-ring (bicyclic) bond motifs is 1. The summed E-state index contributed by atoms with van der Waals surface area (Å²) < 4.78 is 32.1. The number of halogens is 2. The second kappa shape index (κ2) is 6.75. The number of benzene rings is 1. The van der Waals surface area contributed by atoms with Crippen LogP contribution in [0.4, 0.5) is 4.39 Å². The summed E-state index contributed by atoms with van der Waals surface area (Å²) in [6.45, 7) is 2.57. The molecule has 4 nitrogen and oxygen atoms in total. The van der Waals surface area contributed by atoms with Gasteiger partial charge in [-0.25, -0.2) is 9.37 Å². The molecule has 1 heterocycles. The average molecular weight is 333 g/mol. The van der Waals surface area contributed by atoms with Crippen LogP contribution < -0.4 is 4.74 Å². The zero-order valence-electron chi connectivity index (χ0n) is 12.2. The molecule has 0 aliphatic heterocycles. The number of alkyl halides is 1. The Bertz CT molecular complexity index is 675. The van der Waals surface area contributed by atoms with Gasteiger partial charge in [-0.05, 0) is 6.42 Å². The number of ether oxygens (including phenoxy) is 1. The van der Waals surface area contributed by atoms with E-state index in [1.165, 1.54) is 13.2 Å². The average Bonchev–Trinajstić information content (AvgIpc) is 2.80. The molecule has 7 heteroatoms. The van der Waals surface area contributed by atoms with Crippen molar-refractivity contribution in [3.63, 3.8) is 0 Å². The molecule has 0 radical (unpaired) electrons. The summed E-state index contributed by atoms with van der Waals surface area (Å²) in [6.07, 6.45) is 2.43. The lowest BCUT2D eigenvalue weighted by atomic mass is 10.2. The van der Waals surface area contributed by atoms with Crippen LogP contribution in [0.3, 0.4) is 0 Å². The molecule has 0 aliphatic rings. The molecule has 1 aromatic heterocycles. The first-order valence-electron chi connectivity index (χ1n) is 6.58. The van der Waals surface area contributed by atoms with Crippen LogP contribution in [0.2, 0.25) is 0 Å². The quantitative estimate of drug-likeness (QED) is 0.764. The van der Waals surface area contributed by atoms with Crippen molar-refractivity contribution >= 4 is 33.4 Å². The summed E-state index contributed by atoms with van der Waals surface area (Å²) in [7, 11) is 0.551. The van der Waals surface area contributed by atoms with Gasteiger partial charge in [-0.15, -0.1) is 11.6 Å². The number of rotatable bonds is 6. The molecule has 0 spiro atoms. The zero-order chi connectivity index (χ0) is 15.6. The SMILES string of the molecule is COc1cc2c(cc1F)nc(CCl)n2CCC(C)S(C)=O. The number of methoxy groups -OCH3 is 1. The van der Waals surface area contributed by atoms with Crippen molar-refractivity contribution in [2.24, 2.45) is 0 Å². The molecule has 116 valence electrons. The maximum atomic E-state index is 13.7. The van der Waals surface area contributed by atoms with Crippen LogP contribution >= 0.6 is 11.6 Å². The summed E-state index contributed by atoms with van der Waals surface area (Å²) in [5.74, 6) is 0.645. The minimum Gasteiger partial charge on any atom is -0.494 e. The molecule has 0 saturated heterocycles. The molecular formula is C14H18ClFN2O2S. The molecule has 2 rings (SSSR count). The number of aryl methyl sites for hydroxylation is 1. The lowest BCUT2D eigenvalue weighted by Crippen LogP contribution is -2.14. The Hall–Kier alpha value is -1.14. The van der Waals surface area contributed by atoms with Crippen LogP contribution in [0, 0.1) is 5.82 Å². The van der Waals surface area contributed by atoms with Crippen molar-refractivity contribution in [2.75, 3.05) is 13.4 Å². The van der Waals surface area contributed by atoms with Crippen molar-refractivity contribution in [3.8, 4) is 5.75 Å². The Morgan fingerprint density at radius 3 is 2.81 bits per heavy atom. The van der Waals surface area contributed by atoms with Gasteiger partial charge in [-0.1, -0.05) is 6.92 Å². The van der Waals surface area contributed by atoms with Gasteiger partial charge in [-0.2, -0.15) is 0 Å². The molecular weight excluding hydrogens is 315 g/mol. The maximum absolute atomic E-state index is 13.7. The van der Waals surface area contributed by atoms with E-state index in [4.69, 9.17) is 16.3 Å². The van der Waals surface area contributed by atoms with Gasteiger partial charge in [0.25, 0.3) is 0 Å². The predicted octanol–water partition coefficient (Wildman–Crippen LogP) is 3.08. The Kier molecular flexibility index (Phi) is 5.22. The highest BCUT2D eigenvalue weighted by Gasteiger charge is 2.15. The number of aromatic nitrogens is 2. The second-order valence-electron chi connectivity index (χ2n) is 4.89. The second-order valence-corrected chi connectivity index (χ2v) is 6.96. The van der Waals surface area contributed by atoms with Gasteiger partial charge in [0.2, 0.25) is 0 Å². The van der Waals surface area contributed by atoms with Crippen LogP contribution in [-0.2, 0) is 23.2 Å². The van der Waals surface area contributed by atoms with Crippen molar-refractivity contribution in [1.29, 1.82) is 0 Å². The predicted molar refractivity (Wildman–Crippen MR) is 83.9 cm³/mol. The number of imidazole rings is 1. The Balaban J connectivity index is 2.42. The van der Waals surface area contributed by atoms with E-state index in [9.17, 15) is 8.60 Å². The molecule has 21 heavy (non-hydrogen) atoms. The minimum absolute atomic E-state index is 0.0768. The lowest BCUT2D eigenvalue weighted by molar-refractivity contribution is 0.387. The van der Waals surface area contributed by atoms with Crippen molar-refractivity contribution in [1.82, 2.24) is 9.55 Å². The van der Waals surface area contributed by atoms with Gasteiger partial charge in [0.05, 0.1) is 24.0 Å².